The molecule has 1 aliphatic carbocycles. The highest BCUT2D eigenvalue weighted by Gasteiger charge is 2.27. The molecule has 0 aromatic carbocycles. The Hall–Kier alpha value is -0.830. The topological polar surface area (TPSA) is 29.9 Å². The van der Waals surface area contributed by atoms with E-state index >= 15 is 0 Å². The van der Waals surface area contributed by atoms with Gasteiger partial charge in [-0.15, -0.1) is 0 Å². The van der Waals surface area contributed by atoms with Crippen LogP contribution in [0.25, 0.3) is 0 Å². The van der Waals surface area contributed by atoms with Crippen molar-refractivity contribution in [2.75, 3.05) is 0 Å². The Bertz CT molecular complexity index is 357. The summed E-state index contributed by atoms with van der Waals surface area (Å²) < 4.78 is 1.96. The standard InChI is InChI=1S/C14H25N3/c1-11(13-7-10-15-17(13)4)16-12-5-8-14(2,3)9-6-12/h7,10-12,16H,5-6,8-9H2,1-4H3. The molecule has 0 spiro atoms. The first-order valence-corrected chi connectivity index (χ1v) is 6.72. The second-order valence-corrected chi connectivity index (χ2v) is 6.21. The van der Waals surface area contributed by atoms with Crippen molar-refractivity contribution in [3.63, 3.8) is 0 Å². The molecule has 0 saturated heterocycles. The molecule has 1 N–H and O–H groups in total. The van der Waals surface area contributed by atoms with E-state index in [1.54, 1.807) is 0 Å². The van der Waals surface area contributed by atoms with Crippen LogP contribution in [0.4, 0.5) is 0 Å². The summed E-state index contributed by atoms with van der Waals surface area (Å²) >= 11 is 0. The van der Waals surface area contributed by atoms with E-state index in [1.807, 2.05) is 17.9 Å². The fourth-order valence-corrected chi connectivity index (χ4v) is 2.81. The van der Waals surface area contributed by atoms with Gasteiger partial charge in [0.15, 0.2) is 0 Å². The van der Waals surface area contributed by atoms with E-state index in [2.05, 4.69) is 37.3 Å². The summed E-state index contributed by atoms with van der Waals surface area (Å²) in [6.07, 6.45) is 7.15. The highest BCUT2D eigenvalue weighted by molar-refractivity contribution is 5.05. The van der Waals surface area contributed by atoms with Crippen molar-refractivity contribution in [2.45, 2.75) is 58.5 Å². The monoisotopic (exact) mass is 235 g/mol. The lowest BCUT2D eigenvalue weighted by Gasteiger charge is -2.36. The molecule has 1 heterocycles. The predicted octanol–water partition coefficient (Wildman–Crippen LogP) is 3.04. The van der Waals surface area contributed by atoms with Gasteiger partial charge in [0.2, 0.25) is 0 Å². The van der Waals surface area contributed by atoms with Gasteiger partial charge < -0.3 is 5.32 Å². The molecule has 3 nitrogen and oxygen atoms in total. The molecule has 0 radical (unpaired) electrons. The summed E-state index contributed by atoms with van der Waals surface area (Å²) in [5, 5.41) is 7.97. The van der Waals surface area contributed by atoms with Crippen molar-refractivity contribution in [3.8, 4) is 0 Å². The number of nitrogens with zero attached hydrogens (tertiary/aromatic N) is 2. The summed E-state index contributed by atoms with van der Waals surface area (Å²) in [7, 11) is 2.01. The molecular weight excluding hydrogens is 210 g/mol. The van der Waals surface area contributed by atoms with E-state index < -0.39 is 0 Å². The molecular formula is C14H25N3. The molecule has 2 rings (SSSR count). The number of nitrogens with one attached hydrogen (secondary N) is 1. The zero-order chi connectivity index (χ0) is 12.5. The van der Waals surface area contributed by atoms with E-state index in [4.69, 9.17) is 0 Å². The van der Waals surface area contributed by atoms with Crippen molar-refractivity contribution in [3.05, 3.63) is 18.0 Å². The van der Waals surface area contributed by atoms with Crippen LogP contribution in [0, 0.1) is 5.41 Å². The van der Waals surface area contributed by atoms with Gasteiger partial charge in [-0.3, -0.25) is 4.68 Å². The van der Waals surface area contributed by atoms with Gasteiger partial charge in [-0.05, 0) is 44.1 Å². The minimum Gasteiger partial charge on any atom is -0.306 e. The normalized spacial score (nSPS) is 22.6. The Balaban J connectivity index is 1.88. The van der Waals surface area contributed by atoms with Crippen LogP contribution < -0.4 is 5.32 Å². The highest BCUT2D eigenvalue weighted by atomic mass is 15.3. The maximum absolute atomic E-state index is 4.23. The number of aryl methyl sites for hydroxylation is 1. The Morgan fingerprint density at radius 3 is 2.59 bits per heavy atom. The molecule has 1 atom stereocenters. The molecule has 0 bridgehead atoms. The minimum absolute atomic E-state index is 0.397. The third-order valence-corrected chi connectivity index (χ3v) is 4.13. The molecule has 1 saturated carbocycles. The lowest BCUT2D eigenvalue weighted by Crippen LogP contribution is -2.37. The van der Waals surface area contributed by atoms with E-state index in [9.17, 15) is 0 Å². The Labute approximate surface area is 105 Å². The average molecular weight is 235 g/mol. The maximum atomic E-state index is 4.23. The highest BCUT2D eigenvalue weighted by Crippen LogP contribution is 2.35. The zero-order valence-corrected chi connectivity index (χ0v) is 11.5. The largest absolute Gasteiger partial charge is 0.306 e. The summed E-state index contributed by atoms with van der Waals surface area (Å²) in [6.45, 7) is 7.00. The molecule has 96 valence electrons. The van der Waals surface area contributed by atoms with Gasteiger partial charge in [-0.25, -0.2) is 0 Å². The number of aromatic nitrogens is 2. The predicted molar refractivity (Wildman–Crippen MR) is 70.8 cm³/mol. The average Bonchev–Trinajstić information content (AvgIpc) is 2.68. The van der Waals surface area contributed by atoms with Crippen LogP contribution in [0.1, 0.15) is 58.2 Å². The summed E-state index contributed by atoms with van der Waals surface area (Å²) in [5.74, 6) is 0. The zero-order valence-electron chi connectivity index (χ0n) is 11.5. The minimum atomic E-state index is 0.397. The van der Waals surface area contributed by atoms with Gasteiger partial charge in [0.25, 0.3) is 0 Å². The third kappa shape index (κ3) is 3.09. The number of rotatable bonds is 3. The van der Waals surface area contributed by atoms with Gasteiger partial charge in [0, 0.05) is 25.3 Å². The SMILES string of the molecule is CC(NC1CCC(C)(C)CC1)c1ccnn1C. The van der Waals surface area contributed by atoms with Crippen molar-refractivity contribution >= 4 is 0 Å². The second-order valence-electron chi connectivity index (χ2n) is 6.21. The fraction of sp³-hybridized carbons (Fsp3) is 0.786. The smallest absolute Gasteiger partial charge is 0.0547 e. The molecule has 0 amide bonds. The Morgan fingerprint density at radius 1 is 1.41 bits per heavy atom. The van der Waals surface area contributed by atoms with Crippen LogP contribution in [0.5, 0.6) is 0 Å². The molecule has 1 aromatic rings. The van der Waals surface area contributed by atoms with Crippen LogP contribution >= 0.6 is 0 Å². The first-order chi connectivity index (χ1) is 7.98. The Kier molecular flexibility index (Phi) is 3.57. The van der Waals surface area contributed by atoms with E-state index in [-0.39, 0.29) is 0 Å². The van der Waals surface area contributed by atoms with E-state index in [0.29, 0.717) is 17.5 Å². The molecule has 17 heavy (non-hydrogen) atoms. The van der Waals surface area contributed by atoms with E-state index in [0.717, 1.165) is 0 Å². The summed E-state index contributed by atoms with van der Waals surface area (Å²) in [6, 6.07) is 3.17. The van der Waals surface area contributed by atoms with Crippen molar-refractivity contribution < 1.29 is 0 Å². The van der Waals surface area contributed by atoms with Gasteiger partial charge in [-0.2, -0.15) is 5.10 Å². The van der Waals surface area contributed by atoms with E-state index in [1.165, 1.54) is 31.4 Å². The summed E-state index contributed by atoms with van der Waals surface area (Å²) in [4.78, 5) is 0. The lowest BCUT2D eigenvalue weighted by molar-refractivity contribution is 0.199. The van der Waals surface area contributed by atoms with Gasteiger partial charge in [0.1, 0.15) is 0 Å². The number of hydrogen-bond acceptors (Lipinski definition) is 2. The lowest BCUT2D eigenvalue weighted by atomic mass is 9.75. The number of hydrogen-bond donors (Lipinski definition) is 1. The first kappa shape index (κ1) is 12.6. The molecule has 1 unspecified atom stereocenters. The molecule has 1 fully saturated rings. The van der Waals surface area contributed by atoms with Crippen LogP contribution in [0.2, 0.25) is 0 Å². The third-order valence-electron chi connectivity index (χ3n) is 4.13. The Morgan fingerprint density at radius 2 is 2.06 bits per heavy atom. The van der Waals surface area contributed by atoms with Gasteiger partial charge in [-0.1, -0.05) is 13.8 Å². The molecule has 1 aliphatic rings. The van der Waals surface area contributed by atoms with Crippen LogP contribution in [0.3, 0.4) is 0 Å². The maximum Gasteiger partial charge on any atom is 0.0547 e. The van der Waals surface area contributed by atoms with Gasteiger partial charge >= 0.3 is 0 Å². The van der Waals surface area contributed by atoms with Crippen molar-refractivity contribution in [1.82, 2.24) is 15.1 Å². The molecule has 3 heteroatoms. The van der Waals surface area contributed by atoms with Gasteiger partial charge in [0.05, 0.1) is 5.69 Å². The fourth-order valence-electron chi connectivity index (χ4n) is 2.81. The second kappa shape index (κ2) is 4.81. The first-order valence-electron chi connectivity index (χ1n) is 6.72. The van der Waals surface area contributed by atoms with Crippen LogP contribution in [-0.4, -0.2) is 15.8 Å². The van der Waals surface area contributed by atoms with Crippen molar-refractivity contribution in [1.29, 1.82) is 0 Å². The van der Waals surface area contributed by atoms with Crippen LogP contribution in [-0.2, 0) is 7.05 Å². The quantitative estimate of drug-likeness (QED) is 0.872. The molecule has 0 aliphatic heterocycles. The van der Waals surface area contributed by atoms with Crippen molar-refractivity contribution in [2.24, 2.45) is 12.5 Å². The van der Waals surface area contributed by atoms with Crippen LogP contribution in [0.15, 0.2) is 12.3 Å². The molecule has 1 aromatic heterocycles. The summed E-state index contributed by atoms with van der Waals surface area (Å²) in [5.41, 5.74) is 1.82.